The smallest absolute Gasteiger partial charge is 0.267 e. The molecule has 0 aromatic carbocycles. The molecule has 0 N–H and O–H groups in total. The van der Waals surface area contributed by atoms with Crippen molar-refractivity contribution in [3.8, 4) is 0 Å². The first kappa shape index (κ1) is 17.0. The van der Waals surface area contributed by atoms with Gasteiger partial charge in [0.05, 0.1) is 6.04 Å². The molecule has 4 heteroatoms. The van der Waals surface area contributed by atoms with Gasteiger partial charge in [-0.3, -0.25) is 4.79 Å². The summed E-state index contributed by atoms with van der Waals surface area (Å²) in [6, 6.07) is 1.93. The molecule has 1 aromatic heterocycles. The van der Waals surface area contributed by atoms with Gasteiger partial charge in [0.15, 0.2) is 0 Å². The Morgan fingerprint density at radius 3 is 2.20 bits per heavy atom. The summed E-state index contributed by atoms with van der Waals surface area (Å²) in [5.74, 6) is 0.264. The first-order valence-corrected chi connectivity index (χ1v) is 4.61. The summed E-state index contributed by atoms with van der Waals surface area (Å²) in [6.45, 7) is 7.94. The Kier molecular flexibility index (Phi) is 7.86. The molecular weight excluding hydrogens is 360 g/mol. The van der Waals surface area contributed by atoms with Crippen molar-refractivity contribution < 1.29 is 21.1 Å². The summed E-state index contributed by atoms with van der Waals surface area (Å²) in [7, 11) is 0. The van der Waals surface area contributed by atoms with E-state index in [-0.39, 0.29) is 46.0 Å². The van der Waals surface area contributed by atoms with E-state index in [1.54, 1.807) is 12.3 Å². The minimum Gasteiger partial charge on any atom is -0.267 e. The van der Waals surface area contributed by atoms with E-state index < -0.39 is 0 Å². The quantitative estimate of drug-likeness (QED) is 0.791. The zero-order chi connectivity index (χ0) is 10.0. The Bertz CT molecular complexity index is 315. The molecule has 3 nitrogen and oxygen atoms in total. The van der Waals surface area contributed by atoms with Crippen LogP contribution in [0.4, 0.5) is 0 Å². The van der Waals surface area contributed by atoms with Gasteiger partial charge in [0.25, 0.3) is 5.56 Å². The molecule has 0 radical (unpaired) electrons. The van der Waals surface area contributed by atoms with Crippen LogP contribution < -0.4 is 5.56 Å². The van der Waals surface area contributed by atoms with Crippen molar-refractivity contribution in [2.45, 2.75) is 47.1 Å². The van der Waals surface area contributed by atoms with Crippen LogP contribution in [0.5, 0.6) is 0 Å². The molecule has 86 valence electrons. The van der Waals surface area contributed by atoms with Crippen molar-refractivity contribution in [3.63, 3.8) is 0 Å². The summed E-state index contributed by atoms with van der Waals surface area (Å²) in [5.41, 5.74) is 0.871. The second kappa shape index (κ2) is 6.94. The molecule has 0 amide bonds. The topological polar surface area (TPSA) is 34.9 Å². The van der Waals surface area contributed by atoms with E-state index in [0.717, 1.165) is 5.56 Å². The van der Waals surface area contributed by atoms with Gasteiger partial charge < -0.3 is 0 Å². The number of nitrogens with zero attached hydrogens (tertiary/aromatic N) is 2. The van der Waals surface area contributed by atoms with Crippen LogP contribution in [0.25, 0.3) is 0 Å². The molecular formula is C11H20N2OW. The largest absolute Gasteiger partial charge is 0.270 e. The average Bonchev–Trinajstić information content (AvgIpc) is 2.03. The van der Waals surface area contributed by atoms with Gasteiger partial charge in [0.1, 0.15) is 0 Å². The fourth-order valence-electron chi connectivity index (χ4n) is 1.25. The van der Waals surface area contributed by atoms with E-state index >= 15 is 0 Å². The van der Waals surface area contributed by atoms with E-state index in [1.807, 2.05) is 27.7 Å². The normalized spacial score (nSPS) is 9.73. The summed E-state index contributed by atoms with van der Waals surface area (Å²) in [4.78, 5) is 11.8. The number of hydrogen-bond donors (Lipinski definition) is 0. The second-order valence-electron chi connectivity index (χ2n) is 3.78. The molecule has 1 heterocycles. The van der Waals surface area contributed by atoms with E-state index in [0.29, 0.717) is 0 Å². The molecule has 0 atom stereocenters. The molecule has 0 fully saturated rings. The fourth-order valence-corrected chi connectivity index (χ4v) is 1.25. The minimum absolute atomic E-state index is 0. The summed E-state index contributed by atoms with van der Waals surface area (Å²) < 4.78 is 1.52. The van der Waals surface area contributed by atoms with Crippen molar-refractivity contribution in [3.05, 3.63) is 28.2 Å². The van der Waals surface area contributed by atoms with Crippen molar-refractivity contribution >= 4 is 0 Å². The number of rotatable bonds is 2. The third kappa shape index (κ3) is 3.90. The van der Waals surface area contributed by atoms with Crippen LogP contribution in [-0.2, 0) is 21.1 Å². The van der Waals surface area contributed by atoms with Gasteiger partial charge in [0.2, 0.25) is 0 Å². The number of hydrogen-bond acceptors (Lipinski definition) is 2. The maximum absolute atomic E-state index is 11.8. The third-order valence-electron chi connectivity index (χ3n) is 2.01. The molecule has 0 saturated heterocycles. The Labute approximate surface area is 106 Å². The van der Waals surface area contributed by atoms with Crippen LogP contribution >= 0.6 is 0 Å². The first-order chi connectivity index (χ1) is 6.04. The molecule has 1 rings (SSSR count). The van der Waals surface area contributed by atoms with Gasteiger partial charge in [-0.1, -0.05) is 21.3 Å². The average molecular weight is 380 g/mol. The third-order valence-corrected chi connectivity index (χ3v) is 2.01. The van der Waals surface area contributed by atoms with Crippen LogP contribution in [0.2, 0.25) is 0 Å². The fraction of sp³-hybridized carbons (Fsp3) is 0.636. The van der Waals surface area contributed by atoms with E-state index in [2.05, 4.69) is 5.10 Å². The predicted octanol–water partition coefficient (Wildman–Crippen LogP) is 2.58. The van der Waals surface area contributed by atoms with Gasteiger partial charge in [0, 0.05) is 32.8 Å². The molecule has 0 bridgehead atoms. The van der Waals surface area contributed by atoms with Crippen LogP contribution in [0, 0.1) is 0 Å². The number of aromatic nitrogens is 2. The monoisotopic (exact) mass is 380 g/mol. The van der Waals surface area contributed by atoms with Crippen molar-refractivity contribution in [1.29, 1.82) is 0 Å². The van der Waals surface area contributed by atoms with Gasteiger partial charge in [-0.15, -0.1) is 0 Å². The maximum atomic E-state index is 11.8. The molecule has 0 unspecified atom stereocenters. The summed E-state index contributed by atoms with van der Waals surface area (Å²) >= 11 is 0. The molecule has 0 aliphatic heterocycles. The maximum Gasteiger partial charge on any atom is 0.270 e. The second-order valence-corrected chi connectivity index (χ2v) is 3.78. The molecule has 0 aliphatic carbocycles. The van der Waals surface area contributed by atoms with Crippen molar-refractivity contribution in [2.75, 3.05) is 0 Å². The van der Waals surface area contributed by atoms with Crippen LogP contribution in [0.15, 0.2) is 17.1 Å². The standard InChI is InChI=1S/C10H16N2O.CH4.W/c1-7(2)9-5-6-11-12(8(3)4)10(9)13;;/h5-8H,1-4H3;1H4;. The summed E-state index contributed by atoms with van der Waals surface area (Å²) in [6.07, 6.45) is 1.69. The predicted molar refractivity (Wildman–Crippen MR) is 59.7 cm³/mol. The molecule has 1 aromatic rings. The van der Waals surface area contributed by atoms with Gasteiger partial charge in [-0.2, -0.15) is 5.10 Å². The zero-order valence-corrected chi connectivity index (χ0v) is 12.0. The molecule has 15 heavy (non-hydrogen) atoms. The van der Waals surface area contributed by atoms with E-state index in [4.69, 9.17) is 0 Å². The Hall–Kier alpha value is -0.432. The Morgan fingerprint density at radius 2 is 1.80 bits per heavy atom. The van der Waals surface area contributed by atoms with Crippen LogP contribution in [-0.4, -0.2) is 9.78 Å². The molecule has 0 spiro atoms. The van der Waals surface area contributed by atoms with Crippen LogP contribution in [0.3, 0.4) is 0 Å². The van der Waals surface area contributed by atoms with Gasteiger partial charge in [-0.05, 0) is 25.8 Å². The van der Waals surface area contributed by atoms with Gasteiger partial charge in [-0.25, -0.2) is 4.68 Å². The van der Waals surface area contributed by atoms with Crippen LogP contribution in [0.1, 0.15) is 52.6 Å². The first-order valence-electron chi connectivity index (χ1n) is 4.61. The Balaban J connectivity index is 0. The summed E-state index contributed by atoms with van der Waals surface area (Å²) in [5, 5.41) is 4.03. The Morgan fingerprint density at radius 1 is 1.27 bits per heavy atom. The van der Waals surface area contributed by atoms with E-state index in [1.165, 1.54) is 4.68 Å². The zero-order valence-electron chi connectivity index (χ0n) is 9.02. The van der Waals surface area contributed by atoms with Crippen molar-refractivity contribution in [2.24, 2.45) is 0 Å². The molecule has 0 saturated carbocycles. The molecule has 0 aliphatic rings. The van der Waals surface area contributed by atoms with E-state index in [9.17, 15) is 4.79 Å². The van der Waals surface area contributed by atoms with Gasteiger partial charge >= 0.3 is 0 Å². The SMILES string of the molecule is C.CC(C)c1ccnn(C(C)C)c1=O.[W]. The minimum atomic E-state index is 0. The van der Waals surface area contributed by atoms with Crippen molar-refractivity contribution in [1.82, 2.24) is 9.78 Å².